The van der Waals surface area contributed by atoms with Gasteiger partial charge in [-0.1, -0.05) is 46.2 Å². The van der Waals surface area contributed by atoms with E-state index in [1.807, 2.05) is 20.8 Å². The van der Waals surface area contributed by atoms with Crippen molar-refractivity contribution < 1.29 is 33.8 Å². The van der Waals surface area contributed by atoms with Gasteiger partial charge < -0.3 is 30.8 Å². The number of aromatic hydroxyl groups is 1. The summed E-state index contributed by atoms with van der Waals surface area (Å²) in [7, 11) is -4.74. The number of hydrogen-bond donors (Lipinski definition) is 6. The molecule has 186 valence electrons. The summed E-state index contributed by atoms with van der Waals surface area (Å²) >= 11 is 0. The molecule has 0 fully saturated rings. The zero-order valence-electron chi connectivity index (χ0n) is 19.7. The van der Waals surface area contributed by atoms with Crippen LogP contribution in [0.5, 0.6) is 5.75 Å². The summed E-state index contributed by atoms with van der Waals surface area (Å²) in [5, 5.41) is 17.0. The van der Waals surface area contributed by atoms with E-state index in [1.54, 1.807) is 6.92 Å². The fourth-order valence-corrected chi connectivity index (χ4v) is 4.00. The van der Waals surface area contributed by atoms with Gasteiger partial charge in [0.15, 0.2) is 0 Å². The standard InChI is InChI=1S/C22H36N3O7P/c1-6-14(4)20(23-15(5)26)22(29)24-18(11-13(2)3)21(28)25-19(33(30,31)32)12-16-7-9-17(27)10-8-16/h7-10,13-14,18-20,27H,6,11-12H2,1-5H3,(H,23,26)(H,24,29)(H,25,28)(H2,30,31,32). The topological polar surface area (TPSA) is 165 Å². The van der Waals surface area contributed by atoms with Gasteiger partial charge in [-0.15, -0.1) is 0 Å². The van der Waals surface area contributed by atoms with Crippen molar-refractivity contribution in [2.24, 2.45) is 11.8 Å². The number of carbonyl (C=O) groups is 3. The first-order valence-corrected chi connectivity index (χ1v) is 12.6. The lowest BCUT2D eigenvalue weighted by atomic mass is 9.96. The molecule has 0 spiro atoms. The number of phenolic OH excluding ortho intramolecular Hbond substituents is 1. The Morgan fingerprint density at radius 2 is 1.55 bits per heavy atom. The Hall–Kier alpha value is -2.42. The lowest BCUT2D eigenvalue weighted by Gasteiger charge is -2.28. The normalized spacial score (nSPS) is 15.3. The zero-order chi connectivity index (χ0) is 25.3. The zero-order valence-corrected chi connectivity index (χ0v) is 20.6. The maximum atomic E-state index is 13.0. The van der Waals surface area contributed by atoms with Gasteiger partial charge in [-0.05, 0) is 36.0 Å². The molecule has 0 aromatic heterocycles. The first-order valence-electron chi connectivity index (χ1n) is 11.0. The predicted octanol–water partition coefficient (Wildman–Crippen LogP) is 1.64. The molecule has 0 radical (unpaired) electrons. The first-order chi connectivity index (χ1) is 15.2. The van der Waals surface area contributed by atoms with Crippen LogP contribution in [0.1, 0.15) is 53.0 Å². The highest BCUT2D eigenvalue weighted by Crippen LogP contribution is 2.41. The number of nitrogens with one attached hydrogen (secondary N) is 3. The quantitative estimate of drug-likeness (QED) is 0.245. The molecular formula is C22H36N3O7P. The van der Waals surface area contributed by atoms with E-state index < -0.39 is 37.3 Å². The van der Waals surface area contributed by atoms with Crippen molar-refractivity contribution in [3.8, 4) is 5.75 Å². The van der Waals surface area contributed by atoms with Gasteiger partial charge in [-0.3, -0.25) is 18.9 Å². The summed E-state index contributed by atoms with van der Waals surface area (Å²) in [5.41, 5.74) is 0.508. The molecule has 10 nitrogen and oxygen atoms in total. The molecule has 11 heteroatoms. The number of phenols is 1. The summed E-state index contributed by atoms with van der Waals surface area (Å²) in [4.78, 5) is 57.0. The second kappa shape index (κ2) is 12.7. The van der Waals surface area contributed by atoms with Crippen LogP contribution in [0, 0.1) is 11.8 Å². The fraction of sp³-hybridized carbons (Fsp3) is 0.591. The van der Waals surface area contributed by atoms with Gasteiger partial charge in [-0.25, -0.2) is 0 Å². The van der Waals surface area contributed by atoms with E-state index in [1.165, 1.54) is 31.2 Å². The number of hydrogen-bond acceptors (Lipinski definition) is 5. The molecule has 33 heavy (non-hydrogen) atoms. The van der Waals surface area contributed by atoms with E-state index in [9.17, 15) is 33.8 Å². The maximum Gasteiger partial charge on any atom is 0.347 e. The van der Waals surface area contributed by atoms with Gasteiger partial charge >= 0.3 is 7.60 Å². The molecule has 3 amide bonds. The van der Waals surface area contributed by atoms with Gasteiger partial charge in [0, 0.05) is 13.3 Å². The van der Waals surface area contributed by atoms with Crippen LogP contribution in [0.15, 0.2) is 24.3 Å². The molecule has 4 unspecified atom stereocenters. The van der Waals surface area contributed by atoms with Crippen LogP contribution in [0.3, 0.4) is 0 Å². The van der Waals surface area contributed by atoms with E-state index in [4.69, 9.17) is 0 Å². The van der Waals surface area contributed by atoms with Crippen molar-refractivity contribution >= 4 is 25.3 Å². The third-order valence-corrected chi connectivity index (χ3v) is 6.40. The second-order valence-corrected chi connectivity index (χ2v) is 10.5. The van der Waals surface area contributed by atoms with Crippen molar-refractivity contribution in [2.45, 2.75) is 71.7 Å². The van der Waals surface area contributed by atoms with Crippen LogP contribution in [0.2, 0.25) is 0 Å². The molecule has 1 aromatic rings. The molecule has 4 atom stereocenters. The third kappa shape index (κ3) is 9.94. The van der Waals surface area contributed by atoms with E-state index in [0.717, 1.165) is 0 Å². The Morgan fingerprint density at radius 1 is 0.970 bits per heavy atom. The molecule has 1 aromatic carbocycles. The summed E-state index contributed by atoms with van der Waals surface area (Å²) in [6.45, 7) is 8.68. The van der Waals surface area contributed by atoms with Crippen molar-refractivity contribution in [3.63, 3.8) is 0 Å². The Labute approximate surface area is 194 Å². The minimum atomic E-state index is -4.74. The average Bonchev–Trinajstić information content (AvgIpc) is 2.70. The van der Waals surface area contributed by atoms with Gasteiger partial charge in [0.2, 0.25) is 17.7 Å². The van der Waals surface area contributed by atoms with Crippen LogP contribution >= 0.6 is 7.60 Å². The second-order valence-electron chi connectivity index (χ2n) is 8.74. The van der Waals surface area contributed by atoms with E-state index in [0.29, 0.717) is 12.0 Å². The highest BCUT2D eigenvalue weighted by atomic mass is 31.2. The largest absolute Gasteiger partial charge is 0.508 e. The van der Waals surface area contributed by atoms with Crippen molar-refractivity contribution in [2.75, 3.05) is 0 Å². The Morgan fingerprint density at radius 3 is 2.00 bits per heavy atom. The van der Waals surface area contributed by atoms with Crippen LogP contribution in [0.4, 0.5) is 0 Å². The summed E-state index contributed by atoms with van der Waals surface area (Å²) in [6.07, 6.45) is 0.685. The molecule has 0 aliphatic rings. The Balaban J connectivity index is 3.07. The molecule has 0 aliphatic heterocycles. The molecule has 1 rings (SSSR count). The van der Waals surface area contributed by atoms with Gasteiger partial charge in [0.05, 0.1) is 0 Å². The predicted molar refractivity (Wildman–Crippen MR) is 124 cm³/mol. The minimum Gasteiger partial charge on any atom is -0.508 e. The smallest absolute Gasteiger partial charge is 0.347 e. The van der Waals surface area contributed by atoms with E-state index in [-0.39, 0.29) is 36.3 Å². The van der Waals surface area contributed by atoms with E-state index in [2.05, 4.69) is 16.0 Å². The van der Waals surface area contributed by atoms with Crippen LogP contribution in [-0.2, 0) is 25.4 Å². The van der Waals surface area contributed by atoms with Gasteiger partial charge in [0.25, 0.3) is 0 Å². The van der Waals surface area contributed by atoms with Gasteiger partial charge in [0.1, 0.15) is 23.6 Å². The van der Waals surface area contributed by atoms with Crippen molar-refractivity contribution in [1.82, 2.24) is 16.0 Å². The van der Waals surface area contributed by atoms with Crippen LogP contribution in [0.25, 0.3) is 0 Å². The van der Waals surface area contributed by atoms with Crippen LogP contribution in [-0.4, -0.2) is 50.5 Å². The Kier molecular flexibility index (Phi) is 11.0. The fourth-order valence-electron chi connectivity index (χ4n) is 3.26. The van der Waals surface area contributed by atoms with Crippen molar-refractivity contribution in [1.29, 1.82) is 0 Å². The highest BCUT2D eigenvalue weighted by molar-refractivity contribution is 7.52. The maximum absolute atomic E-state index is 13.0. The third-order valence-electron chi connectivity index (χ3n) is 5.27. The van der Waals surface area contributed by atoms with E-state index >= 15 is 0 Å². The molecule has 0 saturated carbocycles. The van der Waals surface area contributed by atoms with Gasteiger partial charge in [-0.2, -0.15) is 0 Å². The molecule has 6 N–H and O–H groups in total. The minimum absolute atomic E-state index is 0.00487. The first kappa shape index (κ1) is 28.6. The lowest BCUT2D eigenvalue weighted by molar-refractivity contribution is -0.133. The monoisotopic (exact) mass is 485 g/mol. The molecule has 0 aliphatic carbocycles. The summed E-state index contributed by atoms with van der Waals surface area (Å²) in [5.74, 6) is -3.34. The van der Waals surface area contributed by atoms with Crippen LogP contribution < -0.4 is 16.0 Å². The lowest BCUT2D eigenvalue weighted by Crippen LogP contribution is -2.56. The average molecular weight is 486 g/mol. The number of amides is 3. The molecule has 0 saturated heterocycles. The SMILES string of the molecule is CCC(C)C(NC(C)=O)C(=O)NC(CC(C)C)C(=O)NC(Cc1ccc(O)cc1)P(=O)(O)O. The molecular weight excluding hydrogens is 449 g/mol. The number of rotatable bonds is 12. The molecule has 0 bridgehead atoms. The number of carbonyl (C=O) groups excluding carboxylic acids is 3. The summed E-state index contributed by atoms with van der Waals surface area (Å²) < 4.78 is 12.1. The number of benzene rings is 1. The highest BCUT2D eigenvalue weighted by Gasteiger charge is 2.35. The Bertz CT molecular complexity index is 854. The summed E-state index contributed by atoms with van der Waals surface area (Å²) in [6, 6.07) is 3.87. The van der Waals surface area contributed by atoms with Crippen molar-refractivity contribution in [3.05, 3.63) is 29.8 Å². The molecule has 0 heterocycles.